The minimum absolute atomic E-state index is 0.192. The molecule has 2 aromatic rings. The fourth-order valence-electron chi connectivity index (χ4n) is 2.61. The van der Waals surface area contributed by atoms with Crippen molar-refractivity contribution in [3.63, 3.8) is 0 Å². The molecule has 3 rings (SSSR count). The van der Waals surface area contributed by atoms with Crippen molar-refractivity contribution in [1.82, 2.24) is 5.32 Å². The maximum Gasteiger partial charge on any atom is 0.253 e. The Morgan fingerprint density at radius 3 is 3.00 bits per heavy atom. The first-order valence-electron chi connectivity index (χ1n) is 6.79. The summed E-state index contributed by atoms with van der Waals surface area (Å²) in [5.74, 6) is -0.192. The predicted molar refractivity (Wildman–Crippen MR) is 86.0 cm³/mol. The van der Waals surface area contributed by atoms with Crippen LogP contribution >= 0.6 is 22.9 Å². The molecule has 110 valence electrons. The number of rotatable bonds is 2. The maximum absolute atomic E-state index is 13.7. The van der Waals surface area contributed by atoms with Gasteiger partial charge in [0.15, 0.2) is 0 Å². The van der Waals surface area contributed by atoms with E-state index in [1.54, 1.807) is 0 Å². The van der Waals surface area contributed by atoms with Crippen LogP contribution < -0.4 is 5.32 Å². The lowest BCUT2D eigenvalue weighted by atomic mass is 9.89. The average Bonchev–Trinajstić information content (AvgIpc) is 2.88. The van der Waals surface area contributed by atoms with E-state index in [2.05, 4.69) is 11.9 Å². The molecule has 0 aliphatic heterocycles. The van der Waals surface area contributed by atoms with E-state index in [0.29, 0.717) is 17.6 Å². The number of hydrogen-bond acceptors (Lipinski definition) is 2. The molecule has 1 aliphatic rings. The van der Waals surface area contributed by atoms with Crippen LogP contribution in [0.25, 0.3) is 10.1 Å². The average molecular weight is 324 g/mol. The molecule has 0 saturated heterocycles. The van der Waals surface area contributed by atoms with Crippen LogP contribution in [-0.2, 0) is 0 Å². The van der Waals surface area contributed by atoms with Crippen molar-refractivity contribution in [1.29, 1.82) is 0 Å². The first kappa shape index (κ1) is 14.5. The van der Waals surface area contributed by atoms with E-state index in [9.17, 15) is 9.18 Å². The molecule has 1 aromatic carbocycles. The Hall–Kier alpha value is -1.39. The topological polar surface area (TPSA) is 29.1 Å². The van der Waals surface area contributed by atoms with Gasteiger partial charge >= 0.3 is 0 Å². The van der Waals surface area contributed by atoms with Gasteiger partial charge in [0.2, 0.25) is 0 Å². The monoisotopic (exact) mass is 323 g/mol. The van der Waals surface area contributed by atoms with E-state index in [1.807, 2.05) is 29.6 Å². The predicted octanol–water partition coefficient (Wildman–Crippen LogP) is 4.30. The lowest BCUT2D eigenvalue weighted by molar-refractivity contribution is 0.0926. The van der Waals surface area contributed by atoms with Crippen molar-refractivity contribution in [3.8, 4) is 0 Å². The van der Waals surface area contributed by atoms with E-state index >= 15 is 0 Å². The summed E-state index contributed by atoms with van der Waals surface area (Å²) >= 11 is 7.75. The van der Waals surface area contributed by atoms with Gasteiger partial charge in [0.05, 0.1) is 10.9 Å². The quantitative estimate of drug-likeness (QED) is 0.648. The summed E-state index contributed by atoms with van der Waals surface area (Å²) in [5.41, 5.74) is 1.14. The number of fused-ring (bicyclic) bond motifs is 1. The minimum atomic E-state index is -1.09. The van der Waals surface area contributed by atoms with Crippen molar-refractivity contribution in [3.05, 3.63) is 47.4 Å². The van der Waals surface area contributed by atoms with Crippen molar-refractivity contribution >= 4 is 38.9 Å². The number of thiophene rings is 1. The molecule has 5 heteroatoms. The van der Waals surface area contributed by atoms with Gasteiger partial charge in [-0.3, -0.25) is 4.79 Å². The van der Waals surface area contributed by atoms with Crippen LogP contribution in [-0.4, -0.2) is 23.5 Å². The zero-order valence-electron chi connectivity index (χ0n) is 11.3. The van der Waals surface area contributed by atoms with Crippen molar-refractivity contribution in [2.24, 2.45) is 0 Å². The Balaban J connectivity index is 1.78. The van der Waals surface area contributed by atoms with E-state index in [1.165, 1.54) is 11.3 Å². The molecule has 0 radical (unpaired) electrons. The van der Waals surface area contributed by atoms with Gasteiger partial charge in [0.1, 0.15) is 6.17 Å². The van der Waals surface area contributed by atoms with Crippen LogP contribution in [0.1, 0.15) is 23.2 Å². The van der Waals surface area contributed by atoms with Crippen molar-refractivity contribution < 1.29 is 9.18 Å². The van der Waals surface area contributed by atoms with Crippen molar-refractivity contribution in [2.75, 3.05) is 0 Å². The number of alkyl halides is 2. The Morgan fingerprint density at radius 1 is 1.43 bits per heavy atom. The highest BCUT2D eigenvalue weighted by Gasteiger charge is 2.33. The van der Waals surface area contributed by atoms with Crippen LogP contribution in [0.3, 0.4) is 0 Å². The molecule has 1 saturated carbocycles. The number of carbonyl (C=O) groups is 1. The molecule has 1 N–H and O–H groups in total. The van der Waals surface area contributed by atoms with Gasteiger partial charge in [-0.05, 0) is 18.1 Å². The molecule has 3 unspecified atom stereocenters. The van der Waals surface area contributed by atoms with Gasteiger partial charge in [0.25, 0.3) is 5.91 Å². The molecule has 1 amide bonds. The van der Waals surface area contributed by atoms with E-state index in [-0.39, 0.29) is 23.7 Å². The summed E-state index contributed by atoms with van der Waals surface area (Å²) in [7, 11) is 0. The van der Waals surface area contributed by atoms with Crippen LogP contribution in [0.5, 0.6) is 0 Å². The molecule has 21 heavy (non-hydrogen) atoms. The van der Waals surface area contributed by atoms with Crippen LogP contribution in [0.4, 0.5) is 4.39 Å². The van der Waals surface area contributed by atoms with Crippen LogP contribution in [0, 0.1) is 0 Å². The third-order valence-electron chi connectivity index (χ3n) is 3.84. The molecular weight excluding hydrogens is 309 g/mol. The number of carbonyl (C=O) groups excluding carboxylic acids is 1. The lowest BCUT2D eigenvalue weighted by Crippen LogP contribution is -2.46. The summed E-state index contributed by atoms with van der Waals surface area (Å²) in [6.07, 6.45) is -0.497. The van der Waals surface area contributed by atoms with Gasteiger partial charge < -0.3 is 5.32 Å². The van der Waals surface area contributed by atoms with Gasteiger partial charge in [-0.1, -0.05) is 24.8 Å². The van der Waals surface area contributed by atoms with Gasteiger partial charge in [-0.2, -0.15) is 0 Å². The third-order valence-corrected chi connectivity index (χ3v) is 5.26. The second-order valence-corrected chi connectivity index (χ2v) is 6.78. The van der Waals surface area contributed by atoms with Gasteiger partial charge in [-0.25, -0.2) is 4.39 Å². The fraction of sp³-hybridized carbons (Fsp3) is 0.312. The highest BCUT2D eigenvalue weighted by atomic mass is 35.5. The van der Waals surface area contributed by atoms with E-state index < -0.39 is 6.17 Å². The molecule has 2 nitrogen and oxygen atoms in total. The SMILES string of the molecule is C=C1CC(Cl)C(NC(=O)c2csc3ccccc23)CC1F. The Kier molecular flexibility index (Phi) is 4.00. The van der Waals surface area contributed by atoms with Gasteiger partial charge in [-0.15, -0.1) is 22.9 Å². The molecule has 1 aliphatic carbocycles. The molecule has 1 fully saturated rings. The smallest absolute Gasteiger partial charge is 0.253 e. The number of amides is 1. The number of nitrogens with one attached hydrogen (secondary N) is 1. The number of hydrogen-bond donors (Lipinski definition) is 1. The highest BCUT2D eigenvalue weighted by Crippen LogP contribution is 2.30. The zero-order chi connectivity index (χ0) is 15.0. The summed E-state index contributed by atoms with van der Waals surface area (Å²) in [6.45, 7) is 3.68. The van der Waals surface area contributed by atoms with E-state index in [4.69, 9.17) is 11.6 Å². The summed E-state index contributed by atoms with van der Waals surface area (Å²) in [6, 6.07) is 7.37. The molecule has 0 spiro atoms. The second kappa shape index (κ2) is 5.78. The Bertz CT molecular complexity index is 698. The highest BCUT2D eigenvalue weighted by molar-refractivity contribution is 7.17. The van der Waals surface area contributed by atoms with E-state index in [0.717, 1.165) is 10.1 Å². The zero-order valence-corrected chi connectivity index (χ0v) is 12.9. The van der Waals surface area contributed by atoms with Crippen LogP contribution in [0.2, 0.25) is 0 Å². The summed E-state index contributed by atoms with van der Waals surface area (Å²) in [4.78, 5) is 12.4. The third kappa shape index (κ3) is 2.83. The molecule has 1 heterocycles. The van der Waals surface area contributed by atoms with Crippen LogP contribution in [0.15, 0.2) is 41.8 Å². The first-order chi connectivity index (χ1) is 10.1. The maximum atomic E-state index is 13.7. The normalized spacial score (nSPS) is 26.0. The fourth-order valence-corrected chi connectivity index (χ4v) is 3.91. The standard InChI is InChI=1S/C16H15ClFNOS/c1-9-6-12(17)14(7-13(9)18)19-16(20)11-8-21-15-5-3-2-4-10(11)15/h2-5,8,12-14H,1,6-7H2,(H,19,20). The lowest BCUT2D eigenvalue weighted by Gasteiger charge is -2.31. The number of allylic oxidation sites excluding steroid dienone is 1. The first-order valence-corrected chi connectivity index (χ1v) is 8.11. The Labute approximate surface area is 131 Å². The van der Waals surface area contributed by atoms with Gasteiger partial charge in [0, 0.05) is 27.9 Å². The molecule has 1 aromatic heterocycles. The van der Waals surface area contributed by atoms with Crippen molar-refractivity contribution in [2.45, 2.75) is 30.4 Å². The molecular formula is C16H15ClFNOS. The summed E-state index contributed by atoms with van der Waals surface area (Å²) < 4.78 is 14.8. The largest absolute Gasteiger partial charge is 0.348 e. The number of benzene rings is 1. The summed E-state index contributed by atoms with van der Waals surface area (Å²) in [5, 5.41) is 5.31. The Morgan fingerprint density at radius 2 is 2.19 bits per heavy atom. The second-order valence-electron chi connectivity index (χ2n) is 5.31. The molecule has 0 bridgehead atoms. The molecule has 3 atom stereocenters. The minimum Gasteiger partial charge on any atom is -0.348 e. The number of halogens is 2.